The van der Waals surface area contributed by atoms with Crippen molar-refractivity contribution in [2.75, 3.05) is 5.32 Å². The number of para-hydroxylation sites is 1. The van der Waals surface area contributed by atoms with E-state index in [-0.39, 0.29) is 16.2 Å². The van der Waals surface area contributed by atoms with Crippen molar-refractivity contribution in [2.24, 2.45) is 5.73 Å². The largest absolute Gasteiger partial charge is 0.389 e. The molecule has 0 bridgehead atoms. The molecule has 0 fully saturated rings. The summed E-state index contributed by atoms with van der Waals surface area (Å²) in [5.74, 6) is -2.41. The molecule has 0 aliphatic heterocycles. The molecule has 98 valence electrons. The van der Waals surface area contributed by atoms with Gasteiger partial charge in [0, 0.05) is 5.56 Å². The number of hydrogen-bond acceptors (Lipinski definition) is 2. The summed E-state index contributed by atoms with van der Waals surface area (Å²) >= 11 is 4.64. The van der Waals surface area contributed by atoms with Crippen LogP contribution in [0.3, 0.4) is 0 Å². The zero-order valence-electron chi connectivity index (χ0n) is 9.58. The second-order valence-electron chi connectivity index (χ2n) is 3.78. The van der Waals surface area contributed by atoms with Crippen LogP contribution in [0.4, 0.5) is 24.5 Å². The summed E-state index contributed by atoms with van der Waals surface area (Å²) in [5, 5.41) is 2.37. The zero-order valence-corrected chi connectivity index (χ0v) is 10.4. The molecular weight excluding hydrogens is 273 g/mol. The molecule has 0 amide bonds. The van der Waals surface area contributed by atoms with Gasteiger partial charge in [0.05, 0.1) is 5.69 Å². The molecular formula is C13H9F3N2S. The Morgan fingerprint density at radius 3 is 2.11 bits per heavy atom. The van der Waals surface area contributed by atoms with Gasteiger partial charge in [0.15, 0.2) is 0 Å². The maximum atomic E-state index is 13.7. The van der Waals surface area contributed by atoms with Crippen LogP contribution in [0.15, 0.2) is 36.4 Å². The number of hydrogen-bond donors (Lipinski definition) is 2. The zero-order chi connectivity index (χ0) is 14.0. The molecule has 0 aliphatic carbocycles. The van der Waals surface area contributed by atoms with Crippen molar-refractivity contribution >= 4 is 28.6 Å². The molecule has 6 heteroatoms. The molecule has 0 saturated carbocycles. The Balaban J connectivity index is 2.42. The van der Waals surface area contributed by atoms with Gasteiger partial charge in [-0.2, -0.15) is 0 Å². The number of thiocarbonyl (C=S) groups is 1. The van der Waals surface area contributed by atoms with Crippen LogP contribution < -0.4 is 11.1 Å². The van der Waals surface area contributed by atoms with E-state index in [4.69, 9.17) is 5.73 Å². The Morgan fingerprint density at radius 2 is 1.58 bits per heavy atom. The van der Waals surface area contributed by atoms with Crippen LogP contribution in [0.2, 0.25) is 0 Å². The van der Waals surface area contributed by atoms with Crippen molar-refractivity contribution in [3.63, 3.8) is 0 Å². The normalized spacial score (nSPS) is 10.3. The molecule has 2 nitrogen and oxygen atoms in total. The second kappa shape index (κ2) is 5.27. The van der Waals surface area contributed by atoms with Crippen molar-refractivity contribution in [1.82, 2.24) is 0 Å². The topological polar surface area (TPSA) is 38.0 Å². The number of benzene rings is 2. The fourth-order valence-electron chi connectivity index (χ4n) is 1.53. The van der Waals surface area contributed by atoms with Crippen molar-refractivity contribution in [2.45, 2.75) is 0 Å². The molecule has 2 aromatic carbocycles. The average molecular weight is 282 g/mol. The van der Waals surface area contributed by atoms with Gasteiger partial charge in [-0.25, -0.2) is 13.2 Å². The standard InChI is InChI=1S/C13H9F3N2S/c14-8-3-1-2-4-11(8)18-12-9(15)5-7(13(17)19)6-10(12)16/h1-6,18H,(H2,17,19). The average Bonchev–Trinajstić information content (AvgIpc) is 2.35. The lowest BCUT2D eigenvalue weighted by molar-refractivity contribution is 0.589. The first kappa shape index (κ1) is 13.4. The smallest absolute Gasteiger partial charge is 0.150 e. The van der Waals surface area contributed by atoms with Crippen molar-refractivity contribution in [3.05, 3.63) is 59.4 Å². The fraction of sp³-hybridized carbons (Fsp3) is 0. The summed E-state index contributed by atoms with van der Waals surface area (Å²) in [6.07, 6.45) is 0. The minimum absolute atomic E-state index is 0.0247. The maximum Gasteiger partial charge on any atom is 0.150 e. The molecule has 19 heavy (non-hydrogen) atoms. The number of nitrogens with one attached hydrogen (secondary N) is 1. The summed E-state index contributed by atoms with van der Waals surface area (Å²) in [6, 6.07) is 7.56. The Labute approximate surface area is 113 Å². The lowest BCUT2D eigenvalue weighted by Crippen LogP contribution is -2.11. The Morgan fingerprint density at radius 1 is 1.00 bits per heavy atom. The van der Waals surface area contributed by atoms with Crippen LogP contribution in [0.25, 0.3) is 0 Å². The molecule has 0 spiro atoms. The highest BCUT2D eigenvalue weighted by Gasteiger charge is 2.13. The summed E-state index contributed by atoms with van der Waals surface area (Å²) < 4.78 is 40.9. The van der Waals surface area contributed by atoms with Crippen molar-refractivity contribution in [1.29, 1.82) is 0 Å². The summed E-state index contributed by atoms with van der Waals surface area (Å²) in [7, 11) is 0. The van der Waals surface area contributed by atoms with Gasteiger partial charge >= 0.3 is 0 Å². The molecule has 0 atom stereocenters. The van der Waals surface area contributed by atoms with E-state index in [0.717, 1.165) is 12.1 Å². The molecule has 0 unspecified atom stereocenters. The maximum absolute atomic E-state index is 13.7. The van der Waals surface area contributed by atoms with Crippen LogP contribution in [0, 0.1) is 17.5 Å². The summed E-state index contributed by atoms with van der Waals surface area (Å²) in [6.45, 7) is 0. The van der Waals surface area contributed by atoms with Gasteiger partial charge in [0.25, 0.3) is 0 Å². The molecule has 2 rings (SSSR count). The van der Waals surface area contributed by atoms with E-state index in [9.17, 15) is 13.2 Å². The van der Waals surface area contributed by atoms with Crippen molar-refractivity contribution < 1.29 is 13.2 Å². The third kappa shape index (κ3) is 2.85. The van der Waals surface area contributed by atoms with Gasteiger partial charge in [-0.3, -0.25) is 0 Å². The van der Waals surface area contributed by atoms with Crippen LogP contribution >= 0.6 is 12.2 Å². The third-order valence-electron chi connectivity index (χ3n) is 2.46. The molecule has 0 heterocycles. The van der Waals surface area contributed by atoms with E-state index in [0.29, 0.717) is 0 Å². The summed E-state index contributed by atoms with van der Waals surface area (Å²) in [4.78, 5) is -0.116. The van der Waals surface area contributed by atoms with E-state index in [1.807, 2.05) is 0 Å². The SMILES string of the molecule is NC(=S)c1cc(F)c(Nc2ccccc2F)c(F)c1. The Kier molecular flexibility index (Phi) is 3.71. The summed E-state index contributed by atoms with van der Waals surface area (Å²) in [5.41, 5.74) is 4.89. The number of rotatable bonds is 3. The molecule has 3 N–H and O–H groups in total. The Bertz CT molecular complexity index is 621. The predicted molar refractivity (Wildman–Crippen MR) is 71.9 cm³/mol. The first-order chi connectivity index (χ1) is 8.99. The van der Waals surface area contributed by atoms with Crippen molar-refractivity contribution in [3.8, 4) is 0 Å². The Hall–Kier alpha value is -2.08. The van der Waals surface area contributed by atoms with Gasteiger partial charge in [-0.1, -0.05) is 24.4 Å². The van der Waals surface area contributed by atoms with E-state index in [2.05, 4.69) is 17.5 Å². The minimum Gasteiger partial charge on any atom is -0.389 e. The van der Waals surface area contributed by atoms with E-state index in [1.165, 1.54) is 18.2 Å². The predicted octanol–water partition coefficient (Wildman–Crippen LogP) is 3.48. The fourth-order valence-corrected chi connectivity index (χ4v) is 1.65. The van der Waals surface area contributed by atoms with Crippen LogP contribution in [0.5, 0.6) is 0 Å². The monoisotopic (exact) mass is 282 g/mol. The number of nitrogens with two attached hydrogens (primary N) is 1. The highest BCUT2D eigenvalue weighted by molar-refractivity contribution is 7.80. The molecule has 0 aromatic heterocycles. The van der Waals surface area contributed by atoms with Crippen LogP contribution in [-0.2, 0) is 0 Å². The first-order valence-electron chi connectivity index (χ1n) is 5.29. The number of halogens is 3. The van der Waals surface area contributed by atoms with Gasteiger partial charge in [-0.05, 0) is 24.3 Å². The van der Waals surface area contributed by atoms with Crippen LogP contribution in [0.1, 0.15) is 5.56 Å². The highest BCUT2D eigenvalue weighted by atomic mass is 32.1. The molecule has 0 aliphatic rings. The van der Waals surface area contributed by atoms with Crippen LogP contribution in [-0.4, -0.2) is 4.99 Å². The first-order valence-corrected chi connectivity index (χ1v) is 5.70. The molecule has 0 radical (unpaired) electrons. The van der Waals surface area contributed by atoms with Gasteiger partial charge in [0.1, 0.15) is 28.1 Å². The van der Waals surface area contributed by atoms with Gasteiger partial charge < -0.3 is 11.1 Å². The van der Waals surface area contributed by atoms with Gasteiger partial charge in [0.2, 0.25) is 0 Å². The highest BCUT2D eigenvalue weighted by Crippen LogP contribution is 2.26. The van der Waals surface area contributed by atoms with E-state index < -0.39 is 23.1 Å². The number of anilines is 2. The molecule has 0 saturated heterocycles. The van der Waals surface area contributed by atoms with E-state index in [1.54, 1.807) is 6.07 Å². The lowest BCUT2D eigenvalue weighted by atomic mass is 10.1. The third-order valence-corrected chi connectivity index (χ3v) is 2.70. The van der Waals surface area contributed by atoms with Gasteiger partial charge in [-0.15, -0.1) is 0 Å². The van der Waals surface area contributed by atoms with E-state index >= 15 is 0 Å². The quantitative estimate of drug-likeness (QED) is 0.846. The lowest BCUT2D eigenvalue weighted by Gasteiger charge is -2.11. The molecule has 2 aromatic rings. The minimum atomic E-state index is -0.897. The second-order valence-corrected chi connectivity index (χ2v) is 4.22.